The summed E-state index contributed by atoms with van der Waals surface area (Å²) >= 11 is 6.27. The van der Waals surface area contributed by atoms with E-state index in [1.807, 2.05) is 6.07 Å². The molecule has 21 heavy (non-hydrogen) atoms. The van der Waals surface area contributed by atoms with Crippen LogP contribution in [-0.2, 0) is 0 Å². The smallest absolute Gasteiger partial charge is 0.253 e. The number of hydrogen-bond donors (Lipinski definition) is 1. The molecule has 1 aromatic carbocycles. The van der Waals surface area contributed by atoms with Gasteiger partial charge in [-0.05, 0) is 49.8 Å². The third-order valence-corrected chi connectivity index (χ3v) is 4.73. The Kier molecular flexibility index (Phi) is 5.51. The lowest BCUT2D eigenvalue weighted by Gasteiger charge is -2.29. The Morgan fingerprint density at radius 1 is 1.29 bits per heavy atom. The van der Waals surface area contributed by atoms with Crippen molar-refractivity contribution in [2.45, 2.75) is 45.1 Å². The predicted molar refractivity (Wildman–Crippen MR) is 89.1 cm³/mol. The van der Waals surface area contributed by atoms with Gasteiger partial charge in [-0.3, -0.25) is 4.79 Å². The molecule has 1 saturated carbocycles. The van der Waals surface area contributed by atoms with Gasteiger partial charge < -0.3 is 10.2 Å². The lowest BCUT2D eigenvalue weighted by atomic mass is 9.84. The third-order valence-electron chi connectivity index (χ3n) is 4.40. The second-order valence-corrected chi connectivity index (χ2v) is 6.57. The molecule has 4 heteroatoms. The zero-order chi connectivity index (χ0) is 15.4. The zero-order valence-electron chi connectivity index (χ0n) is 13.2. The van der Waals surface area contributed by atoms with E-state index in [4.69, 9.17) is 11.6 Å². The van der Waals surface area contributed by atoms with Gasteiger partial charge in [0, 0.05) is 25.7 Å². The first-order chi connectivity index (χ1) is 10.0. The summed E-state index contributed by atoms with van der Waals surface area (Å²) in [5, 5.41) is 4.21. The summed E-state index contributed by atoms with van der Waals surface area (Å²) in [6, 6.07) is 5.92. The molecule has 1 fully saturated rings. The van der Waals surface area contributed by atoms with Crippen molar-refractivity contribution in [1.29, 1.82) is 0 Å². The van der Waals surface area contributed by atoms with E-state index in [0.717, 1.165) is 11.6 Å². The monoisotopic (exact) mass is 308 g/mol. The molecule has 1 N–H and O–H groups in total. The zero-order valence-corrected chi connectivity index (χ0v) is 13.9. The Bertz CT molecular complexity index is 494. The van der Waals surface area contributed by atoms with Crippen LogP contribution >= 0.6 is 11.6 Å². The molecule has 1 aliphatic rings. The topological polar surface area (TPSA) is 32.3 Å². The van der Waals surface area contributed by atoms with Gasteiger partial charge in [0.2, 0.25) is 0 Å². The number of carbonyl (C=O) groups is 1. The van der Waals surface area contributed by atoms with Crippen LogP contribution < -0.4 is 5.32 Å². The molecule has 0 spiro atoms. The Hall–Kier alpha value is -1.22. The highest BCUT2D eigenvalue weighted by Gasteiger charge is 2.20. The minimum Gasteiger partial charge on any atom is -0.381 e. The van der Waals surface area contributed by atoms with Crippen LogP contribution in [-0.4, -0.2) is 30.9 Å². The van der Waals surface area contributed by atoms with Crippen molar-refractivity contribution in [3.63, 3.8) is 0 Å². The number of nitrogens with one attached hydrogen (secondary N) is 1. The van der Waals surface area contributed by atoms with Crippen LogP contribution in [0.5, 0.6) is 0 Å². The first-order valence-corrected chi connectivity index (χ1v) is 8.16. The Morgan fingerprint density at radius 3 is 2.52 bits per heavy atom. The molecular weight excluding hydrogens is 284 g/mol. The van der Waals surface area contributed by atoms with Crippen molar-refractivity contribution in [3.8, 4) is 0 Å². The number of anilines is 1. The van der Waals surface area contributed by atoms with E-state index in [1.165, 1.54) is 32.1 Å². The van der Waals surface area contributed by atoms with Crippen molar-refractivity contribution in [1.82, 2.24) is 4.90 Å². The average Bonchev–Trinajstić information content (AvgIpc) is 2.49. The van der Waals surface area contributed by atoms with Crippen LogP contribution in [0.4, 0.5) is 5.69 Å². The molecule has 2 rings (SSSR count). The van der Waals surface area contributed by atoms with Gasteiger partial charge in [-0.15, -0.1) is 0 Å². The van der Waals surface area contributed by atoms with Crippen molar-refractivity contribution >= 4 is 23.2 Å². The number of carbonyl (C=O) groups excluding carboxylic acids is 1. The summed E-state index contributed by atoms with van der Waals surface area (Å²) in [6.45, 7) is 2.27. The van der Waals surface area contributed by atoms with Crippen molar-refractivity contribution in [2.24, 2.45) is 5.92 Å². The number of benzene rings is 1. The summed E-state index contributed by atoms with van der Waals surface area (Å²) in [5.74, 6) is 0.879. The molecule has 1 aliphatic carbocycles. The minimum atomic E-state index is 0.00408. The fraction of sp³-hybridized carbons (Fsp3) is 0.588. The number of hydrogen-bond acceptors (Lipinski definition) is 2. The molecule has 0 unspecified atom stereocenters. The highest BCUT2D eigenvalue weighted by atomic mass is 35.5. The second kappa shape index (κ2) is 7.17. The van der Waals surface area contributed by atoms with Gasteiger partial charge in [-0.25, -0.2) is 0 Å². The largest absolute Gasteiger partial charge is 0.381 e. The number of amides is 1. The van der Waals surface area contributed by atoms with Gasteiger partial charge in [0.25, 0.3) is 5.91 Å². The van der Waals surface area contributed by atoms with E-state index in [1.54, 1.807) is 31.1 Å². The Morgan fingerprint density at radius 2 is 1.95 bits per heavy atom. The van der Waals surface area contributed by atoms with Crippen molar-refractivity contribution < 1.29 is 4.79 Å². The lowest BCUT2D eigenvalue weighted by Crippen LogP contribution is -2.26. The molecule has 0 aliphatic heterocycles. The molecule has 0 saturated heterocycles. The highest BCUT2D eigenvalue weighted by molar-refractivity contribution is 6.33. The fourth-order valence-corrected chi connectivity index (χ4v) is 3.13. The van der Waals surface area contributed by atoms with Gasteiger partial charge in [0.15, 0.2) is 0 Å². The maximum Gasteiger partial charge on any atom is 0.253 e. The Labute approximate surface area is 132 Å². The first-order valence-electron chi connectivity index (χ1n) is 7.79. The SMILES string of the molecule is CCC1CCC(Nc2cc(C(=O)N(C)C)ccc2Cl)CC1. The van der Waals surface area contributed by atoms with Crippen molar-refractivity contribution in [3.05, 3.63) is 28.8 Å². The van der Waals surface area contributed by atoms with E-state index < -0.39 is 0 Å². The molecule has 3 nitrogen and oxygen atoms in total. The molecule has 0 aromatic heterocycles. The van der Waals surface area contributed by atoms with Gasteiger partial charge in [-0.2, -0.15) is 0 Å². The average molecular weight is 309 g/mol. The first kappa shape index (κ1) is 16.2. The third kappa shape index (κ3) is 4.13. The molecular formula is C17H25ClN2O. The molecule has 0 bridgehead atoms. The lowest BCUT2D eigenvalue weighted by molar-refractivity contribution is 0.0827. The van der Waals surface area contributed by atoms with Crippen molar-refractivity contribution in [2.75, 3.05) is 19.4 Å². The van der Waals surface area contributed by atoms with E-state index in [0.29, 0.717) is 16.6 Å². The van der Waals surface area contributed by atoms with Crippen LogP contribution in [0, 0.1) is 5.92 Å². The molecule has 116 valence electrons. The van der Waals surface area contributed by atoms with E-state index >= 15 is 0 Å². The van der Waals surface area contributed by atoms with Crippen LogP contribution in [0.2, 0.25) is 5.02 Å². The van der Waals surface area contributed by atoms with Gasteiger partial charge in [0.1, 0.15) is 0 Å². The molecule has 0 heterocycles. The number of halogens is 1. The molecule has 0 radical (unpaired) electrons. The molecule has 0 atom stereocenters. The summed E-state index contributed by atoms with van der Waals surface area (Å²) in [6.07, 6.45) is 6.20. The van der Waals surface area contributed by atoms with E-state index in [9.17, 15) is 4.79 Å². The summed E-state index contributed by atoms with van der Waals surface area (Å²) in [4.78, 5) is 13.6. The van der Waals surface area contributed by atoms with Gasteiger partial charge in [-0.1, -0.05) is 24.9 Å². The summed E-state index contributed by atoms with van der Waals surface area (Å²) in [7, 11) is 3.52. The fourth-order valence-electron chi connectivity index (χ4n) is 2.96. The van der Waals surface area contributed by atoms with E-state index in [2.05, 4.69) is 12.2 Å². The Balaban J connectivity index is 2.06. The number of nitrogens with zero attached hydrogens (tertiary/aromatic N) is 1. The summed E-state index contributed by atoms with van der Waals surface area (Å²) in [5.41, 5.74) is 1.55. The van der Waals surface area contributed by atoms with Crippen LogP contribution in [0.1, 0.15) is 49.4 Å². The predicted octanol–water partition coefficient (Wildman–Crippen LogP) is 4.42. The van der Waals surface area contributed by atoms with Crippen LogP contribution in [0.25, 0.3) is 0 Å². The maximum absolute atomic E-state index is 12.0. The highest BCUT2D eigenvalue weighted by Crippen LogP contribution is 2.31. The van der Waals surface area contributed by atoms with Crippen LogP contribution in [0.15, 0.2) is 18.2 Å². The molecule has 1 aromatic rings. The quantitative estimate of drug-likeness (QED) is 0.893. The van der Waals surface area contributed by atoms with E-state index in [-0.39, 0.29) is 5.91 Å². The summed E-state index contributed by atoms with van der Waals surface area (Å²) < 4.78 is 0. The molecule has 1 amide bonds. The normalized spacial score (nSPS) is 21.9. The van der Waals surface area contributed by atoms with Gasteiger partial charge >= 0.3 is 0 Å². The number of rotatable bonds is 4. The standard InChI is InChI=1S/C17H25ClN2O/c1-4-12-5-8-14(9-6-12)19-16-11-13(7-10-15(16)18)17(21)20(2)3/h7,10-12,14,19H,4-6,8-9H2,1-3H3. The van der Waals surface area contributed by atoms with Crippen LogP contribution in [0.3, 0.4) is 0 Å². The second-order valence-electron chi connectivity index (χ2n) is 6.16. The van der Waals surface area contributed by atoms with Gasteiger partial charge in [0.05, 0.1) is 10.7 Å². The minimum absolute atomic E-state index is 0.00408. The maximum atomic E-state index is 12.0.